The van der Waals surface area contributed by atoms with Crippen LogP contribution in [0.1, 0.15) is 12.8 Å². The quantitative estimate of drug-likeness (QED) is 0.633. The predicted octanol–water partition coefficient (Wildman–Crippen LogP) is 1.44. The third kappa shape index (κ3) is 4.47. The summed E-state index contributed by atoms with van der Waals surface area (Å²) in [7, 11) is 0. The van der Waals surface area contributed by atoms with E-state index in [4.69, 9.17) is 4.74 Å². The molecule has 0 aromatic heterocycles. The molecule has 1 aliphatic rings. The number of ether oxygens (including phenoxy) is 1. The highest BCUT2D eigenvalue weighted by Crippen LogP contribution is 2.24. The number of nitrogens with one attached hydrogen (secondary N) is 2. The van der Waals surface area contributed by atoms with Gasteiger partial charge in [0.2, 0.25) is 0 Å². The molecular weight excluding hydrogens is 281 g/mol. The third-order valence-electron chi connectivity index (χ3n) is 3.17. The van der Waals surface area contributed by atoms with E-state index < -0.39 is 16.6 Å². The van der Waals surface area contributed by atoms with Crippen molar-refractivity contribution in [1.29, 1.82) is 0 Å². The molecular formula is C13H16FN3O4. The summed E-state index contributed by atoms with van der Waals surface area (Å²) in [5.74, 6) is -1.20. The second-order valence-corrected chi connectivity index (χ2v) is 4.73. The molecule has 0 aliphatic carbocycles. The number of rotatable bonds is 5. The number of hydrogen-bond acceptors (Lipinski definition) is 5. The Hall–Kier alpha value is -2.06. The van der Waals surface area contributed by atoms with Crippen LogP contribution in [0.5, 0.6) is 0 Å². The maximum atomic E-state index is 13.1. The Balaban J connectivity index is 1.92. The monoisotopic (exact) mass is 297 g/mol. The van der Waals surface area contributed by atoms with Crippen LogP contribution in [0.4, 0.5) is 15.8 Å². The first-order valence-electron chi connectivity index (χ1n) is 6.62. The first kappa shape index (κ1) is 15.3. The maximum Gasteiger partial charge on any atom is 0.292 e. The van der Waals surface area contributed by atoms with Crippen LogP contribution in [-0.2, 0) is 9.53 Å². The summed E-state index contributed by atoms with van der Waals surface area (Å²) in [4.78, 5) is 21.9. The average Bonchev–Trinajstić information content (AvgIpc) is 2.46. The SMILES string of the molecule is O=C(COC1CCNCC1)Nc1cc(F)ccc1[N+](=O)[O-]. The molecule has 1 fully saturated rings. The molecule has 1 amide bonds. The standard InChI is InChI=1S/C13H16FN3O4/c14-9-1-2-12(17(19)20)11(7-9)16-13(18)8-21-10-3-5-15-6-4-10/h1-2,7,10,15H,3-6,8H2,(H,16,18). The van der Waals surface area contributed by atoms with Crippen LogP contribution in [0.15, 0.2) is 18.2 Å². The van der Waals surface area contributed by atoms with E-state index in [2.05, 4.69) is 10.6 Å². The van der Waals surface area contributed by atoms with Crippen molar-refractivity contribution in [3.05, 3.63) is 34.1 Å². The van der Waals surface area contributed by atoms with Gasteiger partial charge in [-0.05, 0) is 32.0 Å². The first-order chi connectivity index (χ1) is 10.1. The molecule has 0 saturated carbocycles. The van der Waals surface area contributed by atoms with Gasteiger partial charge in [-0.1, -0.05) is 0 Å². The average molecular weight is 297 g/mol. The largest absolute Gasteiger partial charge is 0.368 e. The maximum absolute atomic E-state index is 13.1. The summed E-state index contributed by atoms with van der Waals surface area (Å²) >= 11 is 0. The van der Waals surface area contributed by atoms with Crippen molar-refractivity contribution in [1.82, 2.24) is 5.32 Å². The number of nitro groups is 1. The Bertz CT molecular complexity index is 532. The molecule has 0 unspecified atom stereocenters. The van der Waals surface area contributed by atoms with Gasteiger partial charge in [0.25, 0.3) is 11.6 Å². The zero-order valence-electron chi connectivity index (χ0n) is 11.3. The Morgan fingerprint density at radius 1 is 1.48 bits per heavy atom. The molecule has 0 radical (unpaired) electrons. The van der Waals surface area contributed by atoms with Gasteiger partial charge in [0.1, 0.15) is 18.1 Å². The zero-order chi connectivity index (χ0) is 15.2. The summed E-state index contributed by atoms with van der Waals surface area (Å²) in [6, 6.07) is 2.90. The summed E-state index contributed by atoms with van der Waals surface area (Å²) in [5.41, 5.74) is -0.523. The summed E-state index contributed by atoms with van der Waals surface area (Å²) in [6.45, 7) is 1.46. The Labute approximate surface area is 120 Å². The lowest BCUT2D eigenvalue weighted by Gasteiger charge is -2.22. The lowest BCUT2D eigenvalue weighted by atomic mass is 10.1. The number of benzene rings is 1. The van der Waals surface area contributed by atoms with E-state index >= 15 is 0 Å². The first-order valence-corrected chi connectivity index (χ1v) is 6.62. The second kappa shape index (κ2) is 7.09. The predicted molar refractivity (Wildman–Crippen MR) is 73.5 cm³/mol. The highest BCUT2D eigenvalue weighted by Gasteiger charge is 2.18. The van der Waals surface area contributed by atoms with Gasteiger partial charge in [0.05, 0.1) is 11.0 Å². The lowest BCUT2D eigenvalue weighted by Crippen LogP contribution is -2.34. The van der Waals surface area contributed by atoms with Crippen LogP contribution in [0.2, 0.25) is 0 Å². The van der Waals surface area contributed by atoms with Crippen molar-refractivity contribution in [3.63, 3.8) is 0 Å². The van der Waals surface area contributed by atoms with Gasteiger partial charge in [0, 0.05) is 12.1 Å². The van der Waals surface area contributed by atoms with Crippen molar-refractivity contribution in [3.8, 4) is 0 Å². The number of amides is 1. The molecule has 8 heteroatoms. The van der Waals surface area contributed by atoms with Crippen LogP contribution in [-0.4, -0.2) is 36.6 Å². The fraction of sp³-hybridized carbons (Fsp3) is 0.462. The number of hydrogen-bond donors (Lipinski definition) is 2. The number of piperidine rings is 1. The van der Waals surface area contributed by atoms with E-state index in [0.717, 1.165) is 44.1 Å². The van der Waals surface area contributed by atoms with Crippen molar-refractivity contribution in [2.45, 2.75) is 18.9 Å². The molecule has 1 aromatic carbocycles. The number of nitro benzene ring substituents is 1. The molecule has 1 heterocycles. The third-order valence-corrected chi connectivity index (χ3v) is 3.17. The van der Waals surface area contributed by atoms with Gasteiger partial charge >= 0.3 is 0 Å². The molecule has 0 bridgehead atoms. The molecule has 2 N–H and O–H groups in total. The molecule has 114 valence electrons. The number of carbonyl (C=O) groups excluding carboxylic acids is 1. The summed E-state index contributed by atoms with van der Waals surface area (Å²) < 4.78 is 18.6. The molecule has 7 nitrogen and oxygen atoms in total. The van der Waals surface area contributed by atoms with Gasteiger partial charge < -0.3 is 15.4 Å². The number of carbonyl (C=O) groups is 1. The molecule has 0 atom stereocenters. The Morgan fingerprint density at radius 3 is 2.86 bits per heavy atom. The second-order valence-electron chi connectivity index (χ2n) is 4.73. The minimum atomic E-state index is -0.678. The van der Waals surface area contributed by atoms with Crippen molar-refractivity contribution in [2.24, 2.45) is 0 Å². The summed E-state index contributed by atoms with van der Waals surface area (Å²) in [6.07, 6.45) is 1.63. The van der Waals surface area contributed by atoms with Gasteiger partial charge in [-0.15, -0.1) is 0 Å². The van der Waals surface area contributed by atoms with Crippen LogP contribution < -0.4 is 10.6 Å². The van der Waals surface area contributed by atoms with Crippen LogP contribution in [0, 0.1) is 15.9 Å². The van der Waals surface area contributed by atoms with Crippen LogP contribution >= 0.6 is 0 Å². The number of halogens is 1. The lowest BCUT2D eigenvalue weighted by molar-refractivity contribution is -0.384. The van der Waals surface area contributed by atoms with E-state index in [1.165, 1.54) is 0 Å². The van der Waals surface area contributed by atoms with E-state index in [0.29, 0.717) is 0 Å². The van der Waals surface area contributed by atoms with Gasteiger partial charge in [-0.25, -0.2) is 4.39 Å². The minimum absolute atomic E-state index is 0.000467. The fourth-order valence-corrected chi connectivity index (χ4v) is 2.11. The highest BCUT2D eigenvalue weighted by molar-refractivity contribution is 5.93. The van der Waals surface area contributed by atoms with Gasteiger partial charge in [-0.2, -0.15) is 0 Å². The normalized spacial score (nSPS) is 15.7. The fourth-order valence-electron chi connectivity index (χ4n) is 2.11. The molecule has 1 aliphatic heterocycles. The van der Waals surface area contributed by atoms with E-state index in [9.17, 15) is 19.3 Å². The number of anilines is 1. The molecule has 0 spiro atoms. The zero-order valence-corrected chi connectivity index (χ0v) is 11.3. The topological polar surface area (TPSA) is 93.5 Å². The highest BCUT2D eigenvalue weighted by atomic mass is 19.1. The molecule has 2 rings (SSSR count). The molecule has 1 saturated heterocycles. The van der Waals surface area contributed by atoms with Crippen LogP contribution in [0.25, 0.3) is 0 Å². The van der Waals surface area contributed by atoms with Crippen molar-refractivity contribution >= 4 is 17.3 Å². The van der Waals surface area contributed by atoms with E-state index in [-0.39, 0.29) is 24.1 Å². The summed E-state index contributed by atoms with van der Waals surface area (Å²) in [5, 5.41) is 16.3. The van der Waals surface area contributed by atoms with E-state index in [1.54, 1.807) is 0 Å². The Kier molecular flexibility index (Phi) is 5.18. The Morgan fingerprint density at radius 2 is 2.19 bits per heavy atom. The van der Waals surface area contributed by atoms with E-state index in [1.807, 2.05) is 0 Å². The smallest absolute Gasteiger partial charge is 0.292 e. The molecule has 21 heavy (non-hydrogen) atoms. The molecule has 1 aromatic rings. The van der Waals surface area contributed by atoms with Crippen LogP contribution in [0.3, 0.4) is 0 Å². The van der Waals surface area contributed by atoms with Crippen molar-refractivity contribution < 1.29 is 18.8 Å². The van der Waals surface area contributed by atoms with Gasteiger partial charge in [0.15, 0.2) is 0 Å². The minimum Gasteiger partial charge on any atom is -0.368 e. The van der Waals surface area contributed by atoms with Gasteiger partial charge in [-0.3, -0.25) is 14.9 Å². The van der Waals surface area contributed by atoms with Crippen molar-refractivity contribution in [2.75, 3.05) is 25.0 Å². The number of nitrogens with zero attached hydrogens (tertiary/aromatic N) is 1.